The Morgan fingerprint density at radius 1 is 1.13 bits per heavy atom. The lowest BCUT2D eigenvalue weighted by Gasteiger charge is -2.14. The highest BCUT2D eigenvalue weighted by atomic mass is 35.5. The number of benzene rings is 2. The summed E-state index contributed by atoms with van der Waals surface area (Å²) in [5.74, 6) is 5.03. The van der Waals surface area contributed by atoms with E-state index in [1.54, 1.807) is 0 Å². The molecule has 0 heterocycles. The lowest BCUT2D eigenvalue weighted by atomic mass is 10.00. The summed E-state index contributed by atoms with van der Waals surface area (Å²) in [6.45, 7) is 2.33. The maximum Gasteiger partial charge on any atom is 0.410 e. The van der Waals surface area contributed by atoms with E-state index in [1.807, 2.05) is 43.3 Å². The fraction of sp³-hybridized carbons (Fsp3) is 0.222. The number of halogens is 4. The van der Waals surface area contributed by atoms with Gasteiger partial charge in [-0.3, -0.25) is 5.32 Å². The molecule has 0 unspecified atom stereocenters. The third-order valence-electron chi connectivity index (χ3n) is 3.24. The van der Waals surface area contributed by atoms with Crippen LogP contribution in [0.5, 0.6) is 0 Å². The van der Waals surface area contributed by atoms with Gasteiger partial charge < -0.3 is 0 Å². The molecule has 1 atom stereocenters. The van der Waals surface area contributed by atoms with Crippen molar-refractivity contribution >= 4 is 23.2 Å². The summed E-state index contributed by atoms with van der Waals surface area (Å²) >= 11 is 0. The zero-order chi connectivity index (χ0) is 16.0. The standard InChI is InChI=1S/C18H16F3N.ClH/c1-14(22-13-6-2-5-12-18(19,20)21)16-11-7-9-15-8-3-4-10-17(15)16;/h3-5,7-12,14,22H,13H2,1H3;1H/b12-5+;/t14-;/m1./s1. The molecule has 1 nitrogen and oxygen atoms in total. The molecule has 0 bridgehead atoms. The Hall–Kier alpha value is -1.96. The Labute approximate surface area is 140 Å². The van der Waals surface area contributed by atoms with Gasteiger partial charge in [-0.05, 0) is 29.3 Å². The number of hydrogen-bond donors (Lipinski definition) is 1. The second-order valence-corrected chi connectivity index (χ2v) is 4.87. The molecular formula is C18H17ClF3N. The first kappa shape index (κ1) is 19.1. The molecule has 122 valence electrons. The third-order valence-corrected chi connectivity index (χ3v) is 3.24. The minimum atomic E-state index is -4.31. The molecule has 23 heavy (non-hydrogen) atoms. The highest BCUT2D eigenvalue weighted by Crippen LogP contribution is 2.23. The zero-order valence-electron chi connectivity index (χ0n) is 12.5. The van der Waals surface area contributed by atoms with Gasteiger partial charge in [-0.1, -0.05) is 54.3 Å². The van der Waals surface area contributed by atoms with Gasteiger partial charge in [0.1, 0.15) is 0 Å². The van der Waals surface area contributed by atoms with Crippen LogP contribution in [0.1, 0.15) is 18.5 Å². The minimum Gasteiger partial charge on any atom is -0.300 e. The third kappa shape index (κ3) is 5.97. The van der Waals surface area contributed by atoms with E-state index >= 15 is 0 Å². The first-order chi connectivity index (χ1) is 10.5. The largest absolute Gasteiger partial charge is 0.410 e. The molecule has 0 saturated heterocycles. The van der Waals surface area contributed by atoms with Crippen LogP contribution < -0.4 is 5.32 Å². The topological polar surface area (TPSA) is 12.0 Å². The summed E-state index contributed by atoms with van der Waals surface area (Å²) in [7, 11) is 0. The van der Waals surface area contributed by atoms with Gasteiger partial charge in [0.25, 0.3) is 0 Å². The Morgan fingerprint density at radius 2 is 1.83 bits per heavy atom. The Balaban J connectivity index is 0.00000264. The van der Waals surface area contributed by atoms with E-state index in [0.717, 1.165) is 22.4 Å². The van der Waals surface area contributed by atoms with Crippen LogP contribution >= 0.6 is 12.4 Å². The van der Waals surface area contributed by atoms with Crippen molar-refractivity contribution in [1.29, 1.82) is 0 Å². The number of nitrogens with one attached hydrogen (secondary N) is 1. The maximum atomic E-state index is 11.9. The van der Waals surface area contributed by atoms with Gasteiger partial charge in [0.2, 0.25) is 0 Å². The molecule has 2 aromatic rings. The van der Waals surface area contributed by atoms with Crippen molar-refractivity contribution in [1.82, 2.24) is 5.32 Å². The maximum absolute atomic E-state index is 11.9. The molecule has 0 aliphatic heterocycles. The van der Waals surface area contributed by atoms with Gasteiger partial charge in [0, 0.05) is 12.1 Å². The zero-order valence-corrected chi connectivity index (χ0v) is 13.3. The molecule has 0 aliphatic carbocycles. The molecule has 0 spiro atoms. The van der Waals surface area contributed by atoms with E-state index < -0.39 is 6.18 Å². The van der Waals surface area contributed by atoms with Crippen molar-refractivity contribution in [3.63, 3.8) is 0 Å². The summed E-state index contributed by atoms with van der Waals surface area (Å²) in [4.78, 5) is 0. The molecule has 2 rings (SSSR count). The molecule has 0 radical (unpaired) electrons. The van der Waals surface area contributed by atoms with Crippen LogP contribution in [0, 0.1) is 11.8 Å². The van der Waals surface area contributed by atoms with Crippen LogP contribution in [0.25, 0.3) is 10.8 Å². The summed E-state index contributed by atoms with van der Waals surface area (Å²) in [5, 5.41) is 5.52. The van der Waals surface area contributed by atoms with Crippen molar-refractivity contribution in [2.24, 2.45) is 0 Å². The number of hydrogen-bond acceptors (Lipinski definition) is 1. The lowest BCUT2D eigenvalue weighted by molar-refractivity contribution is -0.0797. The SMILES string of the molecule is C[C@@H](NCC#C/C=C/C(F)(F)F)c1cccc2ccccc12.Cl. The first-order valence-corrected chi connectivity index (χ1v) is 6.91. The highest BCUT2D eigenvalue weighted by molar-refractivity contribution is 5.86. The molecule has 0 amide bonds. The molecule has 0 fully saturated rings. The van der Waals surface area contributed by atoms with Crippen LogP contribution in [0.15, 0.2) is 54.6 Å². The normalized spacial score (nSPS) is 12.5. The quantitative estimate of drug-likeness (QED) is 0.773. The Kier molecular flexibility index (Phi) is 7.15. The van der Waals surface area contributed by atoms with Crippen molar-refractivity contribution in [2.75, 3.05) is 6.54 Å². The molecule has 1 N–H and O–H groups in total. The van der Waals surface area contributed by atoms with Crippen LogP contribution in [-0.4, -0.2) is 12.7 Å². The molecule has 0 saturated carbocycles. The molecule has 0 aromatic heterocycles. The molecule has 5 heteroatoms. The van der Waals surface area contributed by atoms with E-state index in [1.165, 1.54) is 0 Å². The Bertz CT molecular complexity index is 721. The second kappa shape index (κ2) is 8.61. The van der Waals surface area contributed by atoms with Crippen molar-refractivity contribution in [3.8, 4) is 11.8 Å². The van der Waals surface area contributed by atoms with Gasteiger partial charge in [0.15, 0.2) is 0 Å². The molecule has 2 aromatic carbocycles. The van der Waals surface area contributed by atoms with Gasteiger partial charge in [0.05, 0.1) is 6.54 Å². The van der Waals surface area contributed by atoms with Crippen LogP contribution in [0.4, 0.5) is 13.2 Å². The average molecular weight is 340 g/mol. The van der Waals surface area contributed by atoms with Crippen LogP contribution in [0.3, 0.4) is 0 Å². The highest BCUT2D eigenvalue weighted by Gasteiger charge is 2.21. The predicted molar refractivity (Wildman–Crippen MR) is 90.6 cm³/mol. The molecule has 0 aliphatic rings. The first-order valence-electron chi connectivity index (χ1n) is 6.91. The lowest BCUT2D eigenvalue weighted by Crippen LogP contribution is -2.19. The van der Waals surface area contributed by atoms with E-state index in [0.29, 0.717) is 6.54 Å². The van der Waals surface area contributed by atoms with Gasteiger partial charge in [-0.2, -0.15) is 13.2 Å². The summed E-state index contributed by atoms with van der Waals surface area (Å²) in [6.07, 6.45) is -3.35. The summed E-state index contributed by atoms with van der Waals surface area (Å²) < 4.78 is 35.7. The van der Waals surface area contributed by atoms with Crippen LogP contribution in [0.2, 0.25) is 0 Å². The van der Waals surface area contributed by atoms with Crippen molar-refractivity contribution in [3.05, 3.63) is 60.2 Å². The number of fused-ring (bicyclic) bond motifs is 1. The minimum absolute atomic E-state index is 0. The van der Waals surface area contributed by atoms with E-state index in [4.69, 9.17) is 0 Å². The fourth-order valence-corrected chi connectivity index (χ4v) is 2.19. The van der Waals surface area contributed by atoms with Gasteiger partial charge in [-0.15, -0.1) is 12.4 Å². The average Bonchev–Trinajstić information content (AvgIpc) is 2.49. The Morgan fingerprint density at radius 3 is 2.57 bits per heavy atom. The van der Waals surface area contributed by atoms with Crippen molar-refractivity contribution in [2.45, 2.75) is 19.1 Å². The van der Waals surface area contributed by atoms with E-state index in [-0.39, 0.29) is 24.5 Å². The van der Waals surface area contributed by atoms with E-state index in [9.17, 15) is 13.2 Å². The fourth-order valence-electron chi connectivity index (χ4n) is 2.19. The summed E-state index contributed by atoms with van der Waals surface area (Å²) in [6, 6.07) is 14.2. The monoisotopic (exact) mass is 339 g/mol. The van der Waals surface area contributed by atoms with Crippen LogP contribution in [-0.2, 0) is 0 Å². The predicted octanol–water partition coefficient (Wildman–Crippen LogP) is 5.03. The second-order valence-electron chi connectivity index (χ2n) is 4.87. The molecular weight excluding hydrogens is 323 g/mol. The van der Waals surface area contributed by atoms with E-state index in [2.05, 4.69) is 23.2 Å². The number of alkyl halides is 3. The van der Waals surface area contributed by atoms with Gasteiger partial charge >= 0.3 is 6.18 Å². The van der Waals surface area contributed by atoms with Crippen molar-refractivity contribution < 1.29 is 13.2 Å². The number of rotatable bonds is 3. The summed E-state index contributed by atoms with van der Waals surface area (Å²) in [5.41, 5.74) is 1.14. The number of allylic oxidation sites excluding steroid dienone is 2. The smallest absolute Gasteiger partial charge is 0.300 e. The van der Waals surface area contributed by atoms with Gasteiger partial charge in [-0.25, -0.2) is 0 Å².